The van der Waals surface area contributed by atoms with Gasteiger partial charge in [0.25, 0.3) is 15.9 Å². The fraction of sp³-hybridized carbons (Fsp3) is 0.0500. The molecule has 0 aliphatic carbocycles. The molecule has 3 rings (SSSR count). The first kappa shape index (κ1) is 22.6. The molecule has 5 nitrogen and oxygen atoms in total. The lowest BCUT2D eigenvalue weighted by atomic mass is 10.2. The van der Waals surface area contributed by atoms with Gasteiger partial charge in [-0.3, -0.25) is 9.52 Å². The second-order valence-electron chi connectivity index (χ2n) is 6.29. The average molecular weight is 473 g/mol. The predicted octanol–water partition coefficient (Wildman–Crippen LogP) is 5.55. The Labute approximate surface area is 179 Å². The van der Waals surface area contributed by atoms with Crippen molar-refractivity contribution in [2.24, 2.45) is 0 Å². The highest BCUT2D eigenvalue weighted by molar-refractivity contribution is 7.92. The van der Waals surface area contributed by atoms with E-state index in [-0.39, 0.29) is 16.9 Å². The molecular formula is C20H13ClF4N2O3S. The van der Waals surface area contributed by atoms with Gasteiger partial charge in [0, 0.05) is 16.3 Å². The van der Waals surface area contributed by atoms with Crippen molar-refractivity contribution in [2.75, 3.05) is 10.0 Å². The van der Waals surface area contributed by atoms with E-state index < -0.39 is 38.4 Å². The van der Waals surface area contributed by atoms with Crippen molar-refractivity contribution < 1.29 is 30.8 Å². The zero-order valence-electron chi connectivity index (χ0n) is 15.4. The van der Waals surface area contributed by atoms with Gasteiger partial charge < -0.3 is 5.32 Å². The number of alkyl halides is 3. The maximum Gasteiger partial charge on any atom is 0.416 e. The van der Waals surface area contributed by atoms with Gasteiger partial charge in [0.05, 0.1) is 16.1 Å². The molecule has 31 heavy (non-hydrogen) atoms. The van der Waals surface area contributed by atoms with E-state index in [0.29, 0.717) is 23.2 Å². The third-order valence-corrected chi connectivity index (χ3v) is 5.66. The summed E-state index contributed by atoms with van der Waals surface area (Å²) < 4.78 is 79.1. The van der Waals surface area contributed by atoms with Crippen molar-refractivity contribution in [3.8, 4) is 0 Å². The molecule has 0 saturated carbocycles. The molecule has 2 N–H and O–H groups in total. The third-order valence-electron chi connectivity index (χ3n) is 4.05. The van der Waals surface area contributed by atoms with Crippen molar-refractivity contribution in [2.45, 2.75) is 11.1 Å². The lowest BCUT2D eigenvalue weighted by Gasteiger charge is -2.12. The Morgan fingerprint density at radius 1 is 0.935 bits per heavy atom. The van der Waals surface area contributed by atoms with E-state index in [4.69, 9.17) is 11.6 Å². The third kappa shape index (κ3) is 5.53. The molecule has 3 aromatic carbocycles. The van der Waals surface area contributed by atoms with Crippen molar-refractivity contribution >= 4 is 38.9 Å². The molecule has 3 aromatic rings. The minimum atomic E-state index is -4.56. The second kappa shape index (κ2) is 8.56. The van der Waals surface area contributed by atoms with Crippen molar-refractivity contribution in [3.05, 3.63) is 88.7 Å². The van der Waals surface area contributed by atoms with Crippen LogP contribution in [0.5, 0.6) is 0 Å². The van der Waals surface area contributed by atoms with E-state index in [1.807, 2.05) is 0 Å². The van der Waals surface area contributed by atoms with Crippen LogP contribution >= 0.6 is 11.6 Å². The number of nitrogens with one attached hydrogen (secondary N) is 2. The number of sulfonamides is 1. The van der Waals surface area contributed by atoms with E-state index in [9.17, 15) is 30.8 Å². The second-order valence-corrected chi connectivity index (χ2v) is 8.41. The summed E-state index contributed by atoms with van der Waals surface area (Å²) in [6.45, 7) is 0. The van der Waals surface area contributed by atoms with E-state index >= 15 is 0 Å². The highest BCUT2D eigenvalue weighted by Crippen LogP contribution is 2.30. The van der Waals surface area contributed by atoms with Gasteiger partial charge in [-0.1, -0.05) is 17.7 Å². The van der Waals surface area contributed by atoms with Crippen LogP contribution in [0.15, 0.2) is 71.6 Å². The van der Waals surface area contributed by atoms with Gasteiger partial charge in [-0.15, -0.1) is 0 Å². The van der Waals surface area contributed by atoms with Crippen molar-refractivity contribution in [1.82, 2.24) is 0 Å². The zero-order chi connectivity index (χ0) is 22.8. The quantitative estimate of drug-likeness (QED) is 0.478. The van der Waals surface area contributed by atoms with Crippen LogP contribution in [-0.4, -0.2) is 14.3 Å². The van der Waals surface area contributed by atoms with Crippen molar-refractivity contribution in [1.29, 1.82) is 0 Å². The summed E-state index contributed by atoms with van der Waals surface area (Å²) in [4.78, 5) is 11.7. The maximum absolute atomic E-state index is 14.4. The molecule has 0 spiro atoms. The van der Waals surface area contributed by atoms with Crippen LogP contribution in [0.2, 0.25) is 5.02 Å². The van der Waals surface area contributed by atoms with E-state index in [1.165, 1.54) is 18.2 Å². The van der Waals surface area contributed by atoms with E-state index in [2.05, 4.69) is 10.0 Å². The van der Waals surface area contributed by atoms with Gasteiger partial charge in [0.2, 0.25) is 0 Å². The molecule has 0 aliphatic rings. The Bertz CT molecular complexity index is 1230. The summed E-state index contributed by atoms with van der Waals surface area (Å²) in [6.07, 6.45) is -4.56. The summed E-state index contributed by atoms with van der Waals surface area (Å²) in [7, 11) is -4.29. The molecule has 0 atom stereocenters. The average Bonchev–Trinajstić information content (AvgIpc) is 2.69. The largest absolute Gasteiger partial charge is 0.416 e. The fourth-order valence-corrected chi connectivity index (χ4v) is 3.79. The number of amides is 1. The number of rotatable bonds is 5. The first-order valence-corrected chi connectivity index (χ1v) is 10.4. The molecule has 0 bridgehead atoms. The minimum absolute atomic E-state index is 0.133. The molecule has 0 unspecified atom stereocenters. The molecule has 0 saturated heterocycles. The maximum atomic E-state index is 14.4. The summed E-state index contributed by atoms with van der Waals surface area (Å²) in [5, 5.41) is 2.62. The number of carbonyl (C=O) groups excluding carboxylic acids is 1. The number of anilines is 2. The van der Waals surface area contributed by atoms with E-state index in [1.54, 1.807) is 6.07 Å². The number of hydrogen-bond acceptors (Lipinski definition) is 3. The van der Waals surface area contributed by atoms with Crippen LogP contribution in [0, 0.1) is 5.82 Å². The number of benzene rings is 3. The van der Waals surface area contributed by atoms with Gasteiger partial charge in [-0.05, 0) is 60.7 Å². The van der Waals surface area contributed by atoms with Crippen LogP contribution in [-0.2, 0) is 16.2 Å². The Morgan fingerprint density at radius 2 is 1.61 bits per heavy atom. The van der Waals surface area contributed by atoms with Crippen molar-refractivity contribution in [3.63, 3.8) is 0 Å². The van der Waals surface area contributed by atoms with Crippen LogP contribution in [0.3, 0.4) is 0 Å². The van der Waals surface area contributed by atoms with Crippen LogP contribution in [0.25, 0.3) is 0 Å². The molecule has 1 amide bonds. The molecule has 0 fully saturated rings. The molecule has 11 heteroatoms. The highest BCUT2D eigenvalue weighted by atomic mass is 35.5. The number of halogens is 5. The summed E-state index contributed by atoms with van der Waals surface area (Å²) in [5.41, 5.74) is -1.17. The normalized spacial score (nSPS) is 11.8. The van der Waals surface area contributed by atoms with Gasteiger partial charge in [-0.2, -0.15) is 13.2 Å². The number of carbonyl (C=O) groups is 1. The Hall–Kier alpha value is -3.11. The minimum Gasteiger partial charge on any atom is -0.319 e. The van der Waals surface area contributed by atoms with Gasteiger partial charge in [-0.25, -0.2) is 12.8 Å². The molecule has 162 valence electrons. The smallest absolute Gasteiger partial charge is 0.319 e. The predicted molar refractivity (Wildman–Crippen MR) is 108 cm³/mol. The molecule has 0 aromatic heterocycles. The van der Waals surface area contributed by atoms with E-state index in [0.717, 1.165) is 24.3 Å². The van der Waals surface area contributed by atoms with Gasteiger partial charge in [0.1, 0.15) is 5.82 Å². The molecule has 0 radical (unpaired) electrons. The molecule has 0 aliphatic heterocycles. The summed E-state index contributed by atoms with van der Waals surface area (Å²) in [6, 6.07) is 12.0. The Morgan fingerprint density at radius 3 is 2.19 bits per heavy atom. The lowest BCUT2D eigenvalue weighted by molar-refractivity contribution is -0.137. The van der Waals surface area contributed by atoms with Crippen LogP contribution < -0.4 is 10.0 Å². The lowest BCUT2D eigenvalue weighted by Crippen LogP contribution is -2.15. The molecular weight excluding hydrogens is 460 g/mol. The first-order valence-electron chi connectivity index (χ1n) is 8.52. The topological polar surface area (TPSA) is 75.3 Å². The standard InChI is InChI=1S/C20H13ClF4N2O3S/c21-14-3-1-2-12(10-14)19(28)26-18-9-8-16(11-17(18)22)31(29,30)27-15-6-4-13(5-7-15)20(23,24)25/h1-11,27H,(H,26,28). The summed E-state index contributed by atoms with van der Waals surface area (Å²) in [5.74, 6) is -1.68. The van der Waals surface area contributed by atoms with Gasteiger partial charge >= 0.3 is 6.18 Å². The highest BCUT2D eigenvalue weighted by Gasteiger charge is 2.30. The number of hydrogen-bond donors (Lipinski definition) is 2. The fourth-order valence-electron chi connectivity index (χ4n) is 2.53. The SMILES string of the molecule is O=C(Nc1ccc(S(=O)(=O)Nc2ccc(C(F)(F)F)cc2)cc1F)c1cccc(Cl)c1. The van der Waals surface area contributed by atoms with Gasteiger partial charge in [0.15, 0.2) is 0 Å². The Kier molecular flexibility index (Phi) is 6.23. The zero-order valence-corrected chi connectivity index (χ0v) is 16.9. The summed E-state index contributed by atoms with van der Waals surface area (Å²) >= 11 is 5.81. The first-order chi connectivity index (χ1) is 14.5. The Balaban J connectivity index is 1.77. The van der Waals surface area contributed by atoms with Crippen LogP contribution in [0.4, 0.5) is 28.9 Å². The monoisotopic (exact) mass is 472 g/mol. The molecule has 0 heterocycles. The van der Waals surface area contributed by atoms with Crippen LogP contribution in [0.1, 0.15) is 15.9 Å².